The van der Waals surface area contributed by atoms with E-state index in [1.54, 1.807) is 0 Å². The molecule has 0 aliphatic heterocycles. The molecule has 1 aromatic heterocycles. The highest BCUT2D eigenvalue weighted by atomic mass is 79.9. The lowest BCUT2D eigenvalue weighted by atomic mass is 10.2. The normalized spacial score (nSPS) is 12.0. The summed E-state index contributed by atoms with van der Waals surface area (Å²) in [7, 11) is 0. The van der Waals surface area contributed by atoms with Crippen LogP contribution in [0.25, 0.3) is 0 Å². The minimum absolute atomic E-state index is 0.0187. The highest BCUT2D eigenvalue weighted by Crippen LogP contribution is 2.33. The van der Waals surface area contributed by atoms with Crippen LogP contribution in [0.4, 0.5) is 23.2 Å². The molecule has 132 valence electrons. The molecular formula is C14H10BrF4N5O. The molecule has 2 rings (SSSR count). The number of hydrogen-bond acceptors (Lipinski definition) is 6. The van der Waals surface area contributed by atoms with Crippen molar-refractivity contribution in [2.24, 2.45) is 5.11 Å². The average molecular weight is 420 g/mol. The van der Waals surface area contributed by atoms with Gasteiger partial charge in [-0.25, -0.2) is 19.9 Å². The van der Waals surface area contributed by atoms with E-state index in [0.29, 0.717) is 16.6 Å². The zero-order valence-corrected chi connectivity index (χ0v) is 13.9. The summed E-state index contributed by atoms with van der Waals surface area (Å²) in [4.78, 5) is 7.71. The fourth-order valence-corrected chi connectivity index (χ4v) is 1.82. The van der Waals surface area contributed by atoms with Crippen LogP contribution >= 0.6 is 15.9 Å². The van der Waals surface area contributed by atoms with Gasteiger partial charge in [-0.15, -0.1) is 0 Å². The Hall–Kier alpha value is -2.56. The van der Waals surface area contributed by atoms with Gasteiger partial charge in [0, 0.05) is 24.3 Å². The quantitative estimate of drug-likeness (QED) is 0.522. The standard InChI is InChI=1S/C14H10BrF4N5O/c15-8-4-22-13(23-5-8)25-7-10(24-20)6-21-9-1-2-12(16)11(3-9)14(17,18)19/h1-6,20-21H,7H2/b10-6-,24-20?. The van der Waals surface area contributed by atoms with E-state index in [0.717, 1.165) is 6.07 Å². The van der Waals surface area contributed by atoms with Crippen LogP contribution in [0.2, 0.25) is 0 Å². The van der Waals surface area contributed by atoms with E-state index in [4.69, 9.17) is 10.3 Å². The highest BCUT2D eigenvalue weighted by Gasteiger charge is 2.34. The monoisotopic (exact) mass is 419 g/mol. The maximum Gasteiger partial charge on any atom is 0.419 e. The number of alkyl halides is 3. The Morgan fingerprint density at radius 1 is 1.32 bits per heavy atom. The van der Waals surface area contributed by atoms with Crippen LogP contribution in [0.5, 0.6) is 6.01 Å². The summed E-state index contributed by atoms with van der Waals surface area (Å²) in [6.45, 7) is -0.189. The van der Waals surface area contributed by atoms with Crippen LogP contribution < -0.4 is 10.1 Å². The Bertz CT molecular complexity index is 780. The van der Waals surface area contributed by atoms with Crippen molar-refractivity contribution in [2.75, 3.05) is 11.9 Å². The fourth-order valence-electron chi connectivity index (χ4n) is 1.62. The number of nitrogens with zero attached hydrogens (tertiary/aromatic N) is 3. The van der Waals surface area contributed by atoms with Crippen molar-refractivity contribution in [2.45, 2.75) is 6.18 Å². The first-order valence-corrected chi connectivity index (χ1v) is 7.39. The maximum absolute atomic E-state index is 13.2. The van der Waals surface area contributed by atoms with Crippen molar-refractivity contribution in [3.63, 3.8) is 0 Å². The highest BCUT2D eigenvalue weighted by molar-refractivity contribution is 9.10. The summed E-state index contributed by atoms with van der Waals surface area (Å²) in [6.07, 6.45) is -0.729. The molecule has 25 heavy (non-hydrogen) atoms. The lowest BCUT2D eigenvalue weighted by Crippen LogP contribution is -2.09. The van der Waals surface area contributed by atoms with Crippen LogP contribution in [0.1, 0.15) is 5.56 Å². The van der Waals surface area contributed by atoms with Gasteiger partial charge in [0.15, 0.2) is 0 Å². The van der Waals surface area contributed by atoms with E-state index in [9.17, 15) is 17.6 Å². The van der Waals surface area contributed by atoms with Gasteiger partial charge in [-0.05, 0) is 34.1 Å². The van der Waals surface area contributed by atoms with E-state index in [1.165, 1.54) is 18.6 Å². The van der Waals surface area contributed by atoms with Gasteiger partial charge in [-0.1, -0.05) is 0 Å². The van der Waals surface area contributed by atoms with Gasteiger partial charge in [-0.3, -0.25) is 0 Å². The van der Waals surface area contributed by atoms with Crippen LogP contribution in [0.15, 0.2) is 52.1 Å². The Kier molecular flexibility index (Phi) is 6.02. The van der Waals surface area contributed by atoms with Gasteiger partial charge in [-0.2, -0.15) is 18.3 Å². The molecule has 1 heterocycles. The van der Waals surface area contributed by atoms with E-state index in [1.807, 2.05) is 0 Å². The molecule has 11 heteroatoms. The number of rotatable bonds is 6. The van der Waals surface area contributed by atoms with Gasteiger partial charge in [0.2, 0.25) is 0 Å². The lowest BCUT2D eigenvalue weighted by molar-refractivity contribution is -0.139. The van der Waals surface area contributed by atoms with Crippen LogP contribution in [-0.4, -0.2) is 16.6 Å². The van der Waals surface area contributed by atoms with Crippen molar-refractivity contribution in [3.05, 3.63) is 58.3 Å². The molecule has 0 unspecified atom stereocenters. The summed E-state index contributed by atoms with van der Waals surface area (Å²) in [5, 5.41) is 5.70. The van der Waals surface area contributed by atoms with Crippen LogP contribution in [0, 0.1) is 11.3 Å². The van der Waals surface area contributed by atoms with Crippen molar-refractivity contribution >= 4 is 21.6 Å². The molecule has 0 saturated carbocycles. The van der Waals surface area contributed by atoms with E-state index >= 15 is 0 Å². The Morgan fingerprint density at radius 3 is 2.60 bits per heavy atom. The van der Waals surface area contributed by atoms with Crippen molar-refractivity contribution < 1.29 is 22.3 Å². The molecular weight excluding hydrogens is 410 g/mol. The average Bonchev–Trinajstić information content (AvgIpc) is 2.57. The number of nitrogens with one attached hydrogen (secondary N) is 2. The Labute approximate surface area is 147 Å². The lowest BCUT2D eigenvalue weighted by Gasteiger charge is -2.10. The molecule has 0 spiro atoms. The predicted octanol–water partition coefficient (Wildman–Crippen LogP) is 4.76. The molecule has 0 fully saturated rings. The van der Waals surface area contributed by atoms with E-state index < -0.39 is 17.6 Å². The molecule has 2 aromatic rings. The number of aromatic nitrogens is 2. The molecule has 0 aliphatic carbocycles. The largest absolute Gasteiger partial charge is 0.457 e. The summed E-state index contributed by atoms with van der Waals surface area (Å²) < 4.78 is 57.0. The molecule has 0 amide bonds. The maximum atomic E-state index is 13.2. The molecule has 0 saturated heterocycles. The van der Waals surface area contributed by atoms with E-state index in [2.05, 4.69) is 36.3 Å². The molecule has 1 aromatic carbocycles. The smallest absolute Gasteiger partial charge is 0.419 e. The number of halogens is 5. The number of hydrogen-bond donors (Lipinski definition) is 2. The van der Waals surface area contributed by atoms with Gasteiger partial charge in [0.05, 0.1) is 10.0 Å². The Morgan fingerprint density at radius 2 is 2.00 bits per heavy atom. The van der Waals surface area contributed by atoms with Crippen molar-refractivity contribution in [3.8, 4) is 6.01 Å². The van der Waals surface area contributed by atoms with Gasteiger partial charge in [0.25, 0.3) is 0 Å². The van der Waals surface area contributed by atoms with Crippen molar-refractivity contribution in [1.82, 2.24) is 9.97 Å². The summed E-state index contributed by atoms with van der Waals surface area (Å²) in [6, 6.07) is 2.48. The number of ether oxygens (including phenoxy) is 1. The first-order chi connectivity index (χ1) is 11.8. The molecule has 0 radical (unpaired) electrons. The number of anilines is 1. The Balaban J connectivity index is 2.05. The molecule has 6 nitrogen and oxygen atoms in total. The minimum Gasteiger partial charge on any atom is -0.457 e. The summed E-state index contributed by atoms with van der Waals surface area (Å²) in [5.41, 5.74) is 5.70. The second-order valence-corrected chi connectivity index (χ2v) is 5.47. The predicted molar refractivity (Wildman–Crippen MR) is 83.5 cm³/mol. The van der Waals surface area contributed by atoms with Crippen LogP contribution in [0.3, 0.4) is 0 Å². The third-order valence-corrected chi connectivity index (χ3v) is 3.18. The van der Waals surface area contributed by atoms with Gasteiger partial charge < -0.3 is 10.1 Å². The second kappa shape index (κ2) is 8.01. The SMILES string of the molecule is N=N/C(=C\Nc1ccc(F)c(C(F)(F)F)c1)COc1ncc(Br)cn1. The molecule has 0 aliphatic rings. The third kappa shape index (κ3) is 5.48. The zero-order valence-electron chi connectivity index (χ0n) is 12.3. The summed E-state index contributed by atoms with van der Waals surface area (Å²) >= 11 is 3.16. The number of benzene rings is 1. The molecule has 0 bridgehead atoms. The zero-order chi connectivity index (χ0) is 18.4. The third-order valence-electron chi connectivity index (χ3n) is 2.77. The van der Waals surface area contributed by atoms with Crippen LogP contribution in [-0.2, 0) is 6.18 Å². The molecule has 0 atom stereocenters. The topological polar surface area (TPSA) is 83.2 Å². The minimum atomic E-state index is -4.81. The van der Waals surface area contributed by atoms with Crippen molar-refractivity contribution in [1.29, 1.82) is 5.53 Å². The summed E-state index contributed by atoms with van der Waals surface area (Å²) in [5.74, 6) is -1.37. The van der Waals surface area contributed by atoms with Gasteiger partial charge in [0.1, 0.15) is 18.1 Å². The van der Waals surface area contributed by atoms with E-state index in [-0.39, 0.29) is 24.0 Å². The molecule has 2 N–H and O–H groups in total. The first kappa shape index (κ1) is 18.8. The first-order valence-electron chi connectivity index (χ1n) is 6.59. The second-order valence-electron chi connectivity index (χ2n) is 4.56. The fraction of sp³-hybridized carbons (Fsp3) is 0.143. The van der Waals surface area contributed by atoms with Gasteiger partial charge >= 0.3 is 12.2 Å².